The highest BCUT2D eigenvalue weighted by atomic mass is 19.4. The van der Waals surface area contributed by atoms with Crippen LogP contribution >= 0.6 is 0 Å². The summed E-state index contributed by atoms with van der Waals surface area (Å²) in [6, 6.07) is 2.88. The fourth-order valence-electron chi connectivity index (χ4n) is 3.19. The first kappa shape index (κ1) is 24.7. The Morgan fingerprint density at radius 2 is 1.90 bits per heavy atom. The molecule has 1 aromatic rings. The largest absolute Gasteiger partial charge is 0.464 e. The lowest BCUT2D eigenvalue weighted by atomic mass is 9.92. The second kappa shape index (κ2) is 10.2. The SMILES string of the molecule is CCC(CC)(NC(=O)Oc1ccc(C2CC2)c(O[C@@H](CCO)C(F)(F)F)n1)C(=O)NC. The number of hydrogen-bond donors (Lipinski definition) is 3. The lowest BCUT2D eigenvalue weighted by Gasteiger charge is -2.30. The molecule has 1 fully saturated rings. The van der Waals surface area contributed by atoms with Gasteiger partial charge in [-0.15, -0.1) is 0 Å². The van der Waals surface area contributed by atoms with Crippen molar-refractivity contribution >= 4 is 12.0 Å². The Kier molecular flexibility index (Phi) is 8.10. The third-order valence-electron chi connectivity index (χ3n) is 5.30. The van der Waals surface area contributed by atoms with Gasteiger partial charge in [0.25, 0.3) is 0 Å². The second-order valence-electron chi connectivity index (χ2n) is 7.36. The monoisotopic (exact) mass is 447 g/mol. The Morgan fingerprint density at radius 3 is 2.39 bits per heavy atom. The predicted molar refractivity (Wildman–Crippen MR) is 105 cm³/mol. The van der Waals surface area contributed by atoms with Crippen LogP contribution in [0, 0.1) is 0 Å². The first-order chi connectivity index (χ1) is 14.6. The summed E-state index contributed by atoms with van der Waals surface area (Å²) in [6.45, 7) is 2.75. The molecule has 0 radical (unpaired) electrons. The lowest BCUT2D eigenvalue weighted by molar-refractivity contribution is -0.199. The molecule has 1 atom stereocenters. The summed E-state index contributed by atoms with van der Waals surface area (Å²) >= 11 is 0. The number of pyridine rings is 1. The van der Waals surface area contributed by atoms with Crippen molar-refractivity contribution in [3.05, 3.63) is 17.7 Å². The molecule has 1 aliphatic carbocycles. The number of likely N-dealkylation sites (N-methyl/N-ethyl adjacent to an activating group) is 1. The molecule has 0 spiro atoms. The number of alkyl halides is 3. The van der Waals surface area contributed by atoms with Crippen LogP contribution in [-0.4, -0.2) is 53.6 Å². The van der Waals surface area contributed by atoms with E-state index in [0.29, 0.717) is 18.4 Å². The number of nitrogens with zero attached hydrogens (tertiary/aromatic N) is 1. The average Bonchev–Trinajstić information content (AvgIpc) is 3.56. The highest BCUT2D eigenvalue weighted by Crippen LogP contribution is 2.45. The van der Waals surface area contributed by atoms with Crippen molar-refractivity contribution in [2.75, 3.05) is 13.7 Å². The fourth-order valence-corrected chi connectivity index (χ4v) is 3.19. The zero-order valence-electron chi connectivity index (χ0n) is 17.7. The summed E-state index contributed by atoms with van der Waals surface area (Å²) in [4.78, 5) is 28.6. The number of amides is 2. The van der Waals surface area contributed by atoms with Gasteiger partial charge in [0.2, 0.25) is 17.7 Å². The highest BCUT2D eigenvalue weighted by Gasteiger charge is 2.43. The fraction of sp³-hybridized carbons (Fsp3) is 0.650. The van der Waals surface area contributed by atoms with Gasteiger partial charge >= 0.3 is 12.3 Å². The molecule has 0 unspecified atom stereocenters. The van der Waals surface area contributed by atoms with Crippen LogP contribution < -0.4 is 20.1 Å². The molecule has 11 heteroatoms. The molecule has 1 aliphatic rings. The van der Waals surface area contributed by atoms with Gasteiger partial charge in [-0.05, 0) is 37.7 Å². The van der Waals surface area contributed by atoms with E-state index >= 15 is 0 Å². The van der Waals surface area contributed by atoms with E-state index in [1.807, 2.05) is 0 Å². The third kappa shape index (κ3) is 6.22. The molecular formula is C20H28F3N3O5. The van der Waals surface area contributed by atoms with E-state index in [1.165, 1.54) is 19.2 Å². The molecule has 31 heavy (non-hydrogen) atoms. The molecule has 2 rings (SSSR count). The maximum absolute atomic E-state index is 13.2. The topological polar surface area (TPSA) is 110 Å². The molecule has 174 valence electrons. The smallest absolute Gasteiger partial charge is 0.425 e. The van der Waals surface area contributed by atoms with Gasteiger partial charge in [-0.1, -0.05) is 13.8 Å². The van der Waals surface area contributed by atoms with Crippen molar-refractivity contribution in [3.63, 3.8) is 0 Å². The summed E-state index contributed by atoms with van der Waals surface area (Å²) in [7, 11) is 1.45. The maximum atomic E-state index is 13.2. The second-order valence-corrected chi connectivity index (χ2v) is 7.36. The van der Waals surface area contributed by atoms with Crippen LogP contribution in [0.25, 0.3) is 0 Å². The van der Waals surface area contributed by atoms with Gasteiger partial charge in [-0.25, -0.2) is 4.79 Å². The minimum Gasteiger partial charge on any atom is -0.464 e. The molecule has 0 aliphatic heterocycles. The number of hydrogen-bond acceptors (Lipinski definition) is 6. The first-order valence-electron chi connectivity index (χ1n) is 10.2. The zero-order chi connectivity index (χ0) is 23.2. The molecule has 3 N–H and O–H groups in total. The van der Waals surface area contributed by atoms with E-state index in [1.54, 1.807) is 13.8 Å². The number of ether oxygens (including phenoxy) is 2. The summed E-state index contributed by atoms with van der Waals surface area (Å²) in [6.07, 6.45) is -6.38. The summed E-state index contributed by atoms with van der Waals surface area (Å²) in [5.74, 6) is -0.922. The maximum Gasteiger partial charge on any atom is 0.425 e. The number of aliphatic hydroxyl groups excluding tert-OH is 1. The number of aromatic nitrogens is 1. The Bertz CT molecular complexity index is 780. The molecular weight excluding hydrogens is 419 g/mol. The van der Waals surface area contributed by atoms with E-state index in [4.69, 9.17) is 14.6 Å². The van der Waals surface area contributed by atoms with Gasteiger partial charge in [0.15, 0.2) is 6.10 Å². The summed E-state index contributed by atoms with van der Waals surface area (Å²) in [5, 5.41) is 14.0. The van der Waals surface area contributed by atoms with Gasteiger partial charge in [-0.2, -0.15) is 18.2 Å². The molecule has 1 saturated carbocycles. The average molecular weight is 447 g/mol. The van der Waals surface area contributed by atoms with E-state index in [0.717, 1.165) is 12.8 Å². The molecule has 0 saturated heterocycles. The number of halogens is 3. The van der Waals surface area contributed by atoms with Crippen LogP contribution in [0.1, 0.15) is 57.4 Å². The van der Waals surface area contributed by atoms with Crippen LogP contribution in [0.2, 0.25) is 0 Å². The molecule has 1 aromatic heterocycles. The lowest BCUT2D eigenvalue weighted by Crippen LogP contribution is -2.58. The molecule has 0 bridgehead atoms. The van der Waals surface area contributed by atoms with Crippen molar-refractivity contribution in [2.24, 2.45) is 0 Å². The van der Waals surface area contributed by atoms with Gasteiger partial charge in [0.05, 0.1) is 0 Å². The van der Waals surface area contributed by atoms with Gasteiger partial charge in [-0.3, -0.25) is 4.79 Å². The zero-order valence-corrected chi connectivity index (χ0v) is 17.7. The Labute approximate surface area is 178 Å². The summed E-state index contributed by atoms with van der Waals surface area (Å²) in [5.41, 5.74) is -0.705. The quantitative estimate of drug-likeness (QED) is 0.509. The molecule has 0 aromatic carbocycles. The summed E-state index contributed by atoms with van der Waals surface area (Å²) < 4.78 is 49.9. The van der Waals surface area contributed by atoms with Crippen molar-refractivity contribution in [2.45, 2.75) is 69.7 Å². The van der Waals surface area contributed by atoms with Crippen molar-refractivity contribution in [1.82, 2.24) is 15.6 Å². The first-order valence-corrected chi connectivity index (χ1v) is 10.2. The molecule has 8 nitrogen and oxygen atoms in total. The van der Waals surface area contributed by atoms with E-state index < -0.39 is 42.8 Å². The Hall–Kier alpha value is -2.56. The van der Waals surface area contributed by atoms with Crippen molar-refractivity contribution in [3.8, 4) is 11.8 Å². The van der Waals surface area contributed by atoms with Crippen molar-refractivity contribution < 1.29 is 37.3 Å². The number of carbonyl (C=O) groups excluding carboxylic acids is 2. The van der Waals surface area contributed by atoms with Crippen LogP contribution in [0.3, 0.4) is 0 Å². The third-order valence-corrected chi connectivity index (χ3v) is 5.30. The number of rotatable bonds is 10. The minimum absolute atomic E-state index is 0.0227. The van der Waals surface area contributed by atoms with E-state index in [2.05, 4.69) is 15.6 Å². The number of aliphatic hydroxyl groups is 1. The van der Waals surface area contributed by atoms with Gasteiger partial charge < -0.3 is 25.2 Å². The van der Waals surface area contributed by atoms with E-state index in [-0.39, 0.29) is 17.7 Å². The van der Waals surface area contributed by atoms with E-state index in [9.17, 15) is 22.8 Å². The highest BCUT2D eigenvalue weighted by molar-refractivity contribution is 5.90. The Morgan fingerprint density at radius 1 is 1.26 bits per heavy atom. The van der Waals surface area contributed by atoms with Crippen LogP contribution in [0.15, 0.2) is 12.1 Å². The van der Waals surface area contributed by atoms with Gasteiger partial charge in [0, 0.05) is 31.7 Å². The van der Waals surface area contributed by atoms with Crippen molar-refractivity contribution in [1.29, 1.82) is 0 Å². The molecule has 2 amide bonds. The number of carbonyl (C=O) groups is 2. The standard InChI is InChI=1S/C20H28F3N3O5/c1-4-19(5-2,17(28)24-3)26-18(29)31-15-9-8-13(12-6-7-12)16(25-15)30-14(10-11-27)20(21,22)23/h8-9,12,14,27H,4-7,10-11H2,1-3H3,(H,24,28)(H,26,29)/t14-/m0/s1. The Balaban J connectivity index is 2.23. The molecule has 1 heterocycles. The normalized spacial score (nSPS) is 15.2. The predicted octanol–water partition coefficient (Wildman–Crippen LogP) is 3.04. The van der Waals surface area contributed by atoms with Crippen LogP contribution in [0.4, 0.5) is 18.0 Å². The minimum atomic E-state index is -4.70. The van der Waals surface area contributed by atoms with Gasteiger partial charge in [0.1, 0.15) is 5.54 Å². The van der Waals surface area contributed by atoms with Crippen LogP contribution in [-0.2, 0) is 4.79 Å². The van der Waals surface area contributed by atoms with Crippen LogP contribution in [0.5, 0.6) is 11.8 Å². The number of nitrogens with one attached hydrogen (secondary N) is 2.